The van der Waals surface area contributed by atoms with E-state index in [1.54, 1.807) is 0 Å². The zero-order valence-electron chi connectivity index (χ0n) is 12.5. The predicted molar refractivity (Wildman–Crippen MR) is 81.1 cm³/mol. The molecule has 0 aliphatic carbocycles. The van der Waals surface area contributed by atoms with Crippen LogP contribution < -0.4 is 5.32 Å². The van der Waals surface area contributed by atoms with E-state index in [0.717, 1.165) is 41.6 Å². The number of hydrogen-bond donors (Lipinski definition) is 1. The second-order valence-corrected chi connectivity index (χ2v) is 5.81. The van der Waals surface area contributed by atoms with Crippen molar-refractivity contribution in [1.82, 2.24) is 15.3 Å². The van der Waals surface area contributed by atoms with Gasteiger partial charge in [0.2, 0.25) is 0 Å². The lowest BCUT2D eigenvalue weighted by atomic mass is 10.2. The molecule has 2 heterocycles. The molecule has 2 rings (SSSR count). The highest BCUT2D eigenvalue weighted by molar-refractivity contribution is 7.99. The summed E-state index contributed by atoms with van der Waals surface area (Å²) < 4.78 is 5.58. The Morgan fingerprint density at radius 2 is 2.10 bits per heavy atom. The summed E-state index contributed by atoms with van der Waals surface area (Å²) in [5.41, 5.74) is 3.30. The summed E-state index contributed by atoms with van der Waals surface area (Å²) in [6.07, 6.45) is 3.06. The topological polar surface area (TPSA) is 51.0 Å². The molecule has 0 atom stereocenters. The van der Waals surface area contributed by atoms with Crippen molar-refractivity contribution in [3.63, 3.8) is 0 Å². The molecule has 0 amide bonds. The number of nitrogens with one attached hydrogen (secondary N) is 1. The molecule has 2 aromatic rings. The van der Waals surface area contributed by atoms with E-state index in [-0.39, 0.29) is 0 Å². The summed E-state index contributed by atoms with van der Waals surface area (Å²) in [6.45, 7) is 10.0. The molecule has 108 valence electrons. The van der Waals surface area contributed by atoms with Crippen molar-refractivity contribution in [2.75, 3.05) is 6.54 Å². The first-order chi connectivity index (χ1) is 9.60. The van der Waals surface area contributed by atoms with E-state index in [1.165, 1.54) is 17.3 Å². The SMILES string of the molecule is CCCNCc1cnc(Sc2nc(C)c(C)o2)c(C)c1. The molecule has 0 bridgehead atoms. The second kappa shape index (κ2) is 6.90. The normalized spacial score (nSPS) is 11.0. The van der Waals surface area contributed by atoms with Gasteiger partial charge in [0.05, 0.1) is 5.69 Å². The highest BCUT2D eigenvalue weighted by atomic mass is 32.2. The Balaban J connectivity index is 2.05. The predicted octanol–water partition coefficient (Wildman–Crippen LogP) is 3.65. The Hall–Kier alpha value is -1.33. The fraction of sp³-hybridized carbons (Fsp3) is 0.467. The molecule has 0 fully saturated rings. The number of aromatic nitrogens is 2. The van der Waals surface area contributed by atoms with E-state index in [4.69, 9.17) is 4.42 Å². The van der Waals surface area contributed by atoms with Crippen LogP contribution in [0.2, 0.25) is 0 Å². The third-order valence-corrected chi connectivity index (χ3v) is 4.01. The van der Waals surface area contributed by atoms with Gasteiger partial charge in [-0.1, -0.05) is 13.0 Å². The highest BCUT2D eigenvalue weighted by Gasteiger charge is 2.10. The lowest BCUT2D eigenvalue weighted by Crippen LogP contribution is -2.14. The van der Waals surface area contributed by atoms with Crippen LogP contribution in [0.5, 0.6) is 0 Å². The van der Waals surface area contributed by atoms with Crippen molar-refractivity contribution in [2.45, 2.75) is 50.9 Å². The highest BCUT2D eigenvalue weighted by Crippen LogP contribution is 2.29. The second-order valence-electron chi connectivity index (χ2n) is 4.87. The van der Waals surface area contributed by atoms with Crippen molar-refractivity contribution in [3.8, 4) is 0 Å². The van der Waals surface area contributed by atoms with Gasteiger partial charge in [0.15, 0.2) is 0 Å². The van der Waals surface area contributed by atoms with Crippen LogP contribution in [-0.2, 0) is 6.54 Å². The minimum absolute atomic E-state index is 0.660. The summed E-state index contributed by atoms with van der Waals surface area (Å²) in [7, 11) is 0. The van der Waals surface area contributed by atoms with Gasteiger partial charge >= 0.3 is 0 Å². The molecule has 0 saturated carbocycles. The van der Waals surface area contributed by atoms with Crippen LogP contribution in [0.4, 0.5) is 0 Å². The number of hydrogen-bond acceptors (Lipinski definition) is 5. The number of nitrogens with zero attached hydrogens (tertiary/aromatic N) is 2. The maximum absolute atomic E-state index is 5.58. The van der Waals surface area contributed by atoms with Gasteiger partial charge in [-0.25, -0.2) is 9.97 Å². The first-order valence-electron chi connectivity index (χ1n) is 6.88. The molecule has 4 nitrogen and oxygen atoms in total. The van der Waals surface area contributed by atoms with E-state index < -0.39 is 0 Å². The van der Waals surface area contributed by atoms with Gasteiger partial charge in [0, 0.05) is 12.7 Å². The van der Waals surface area contributed by atoms with E-state index >= 15 is 0 Å². The molecule has 1 N–H and O–H groups in total. The first kappa shape index (κ1) is 15.1. The Morgan fingerprint density at radius 3 is 2.70 bits per heavy atom. The van der Waals surface area contributed by atoms with E-state index in [0.29, 0.717) is 5.22 Å². The third-order valence-electron chi connectivity index (χ3n) is 3.04. The molecule has 5 heteroatoms. The molecule has 0 radical (unpaired) electrons. The van der Waals surface area contributed by atoms with E-state index in [9.17, 15) is 0 Å². The molecule has 0 aromatic carbocycles. The summed E-state index contributed by atoms with van der Waals surface area (Å²) in [6, 6.07) is 2.17. The monoisotopic (exact) mass is 291 g/mol. The fourth-order valence-corrected chi connectivity index (χ4v) is 2.64. The summed E-state index contributed by atoms with van der Waals surface area (Å²) >= 11 is 1.48. The van der Waals surface area contributed by atoms with Crippen LogP contribution in [0.25, 0.3) is 0 Å². The van der Waals surface area contributed by atoms with Crippen LogP contribution in [-0.4, -0.2) is 16.5 Å². The zero-order valence-corrected chi connectivity index (χ0v) is 13.3. The van der Waals surface area contributed by atoms with E-state index in [1.807, 2.05) is 20.0 Å². The minimum Gasteiger partial charge on any atom is -0.436 e. The van der Waals surface area contributed by atoms with Crippen molar-refractivity contribution >= 4 is 11.8 Å². The summed E-state index contributed by atoms with van der Waals surface area (Å²) in [5, 5.41) is 4.99. The molecule has 20 heavy (non-hydrogen) atoms. The van der Waals surface area contributed by atoms with Crippen LogP contribution in [0, 0.1) is 20.8 Å². The molecule has 0 aliphatic heterocycles. The maximum atomic E-state index is 5.58. The lowest BCUT2D eigenvalue weighted by molar-refractivity contribution is 0.431. The van der Waals surface area contributed by atoms with Gasteiger partial charge in [-0.15, -0.1) is 0 Å². The first-order valence-corrected chi connectivity index (χ1v) is 7.70. The van der Waals surface area contributed by atoms with Crippen LogP contribution in [0.3, 0.4) is 0 Å². The van der Waals surface area contributed by atoms with E-state index in [2.05, 4.69) is 35.2 Å². The van der Waals surface area contributed by atoms with Crippen molar-refractivity contribution in [1.29, 1.82) is 0 Å². The Labute approximate surface area is 124 Å². The average Bonchev–Trinajstić information content (AvgIpc) is 2.72. The Morgan fingerprint density at radius 1 is 1.30 bits per heavy atom. The maximum Gasteiger partial charge on any atom is 0.262 e. The Kier molecular flexibility index (Phi) is 5.20. The average molecular weight is 291 g/mol. The lowest BCUT2D eigenvalue weighted by Gasteiger charge is -2.06. The third kappa shape index (κ3) is 3.84. The van der Waals surface area contributed by atoms with Crippen molar-refractivity contribution in [2.24, 2.45) is 0 Å². The van der Waals surface area contributed by atoms with Crippen LogP contribution in [0.15, 0.2) is 26.9 Å². The van der Waals surface area contributed by atoms with Crippen LogP contribution >= 0.6 is 11.8 Å². The quantitative estimate of drug-likeness (QED) is 0.823. The molecule has 2 aromatic heterocycles. The number of pyridine rings is 1. The molecule has 0 unspecified atom stereocenters. The van der Waals surface area contributed by atoms with Gasteiger partial charge in [0.25, 0.3) is 5.22 Å². The molecule has 0 aliphatic rings. The molecule has 0 saturated heterocycles. The fourth-order valence-electron chi connectivity index (χ4n) is 1.80. The van der Waals surface area contributed by atoms with Gasteiger partial charge < -0.3 is 9.73 Å². The molecule has 0 spiro atoms. The van der Waals surface area contributed by atoms with Crippen LogP contribution in [0.1, 0.15) is 35.9 Å². The largest absolute Gasteiger partial charge is 0.436 e. The van der Waals surface area contributed by atoms with Crippen molar-refractivity contribution < 1.29 is 4.42 Å². The van der Waals surface area contributed by atoms with Gasteiger partial charge in [-0.3, -0.25) is 0 Å². The molecular weight excluding hydrogens is 270 g/mol. The Bertz CT molecular complexity index is 561. The standard InChI is InChI=1S/C15H21N3OS/c1-5-6-16-8-13-7-10(2)14(17-9-13)20-15-18-11(3)12(4)19-15/h7,9,16H,5-6,8H2,1-4H3. The molecular formula is C15H21N3OS. The minimum atomic E-state index is 0.660. The number of aryl methyl sites for hydroxylation is 3. The van der Waals surface area contributed by atoms with Crippen molar-refractivity contribution in [3.05, 3.63) is 34.8 Å². The summed E-state index contributed by atoms with van der Waals surface area (Å²) in [5.74, 6) is 0.866. The number of rotatable bonds is 6. The van der Waals surface area contributed by atoms with Gasteiger partial charge in [-0.05, 0) is 56.6 Å². The van der Waals surface area contributed by atoms with Gasteiger partial charge in [0.1, 0.15) is 10.8 Å². The number of oxazole rings is 1. The summed E-state index contributed by atoms with van der Waals surface area (Å²) in [4.78, 5) is 8.89. The smallest absolute Gasteiger partial charge is 0.262 e. The van der Waals surface area contributed by atoms with Gasteiger partial charge in [-0.2, -0.15) is 0 Å². The zero-order chi connectivity index (χ0) is 14.5.